The fourth-order valence-corrected chi connectivity index (χ4v) is 6.35. The summed E-state index contributed by atoms with van der Waals surface area (Å²) in [4.78, 5) is 27.3. The SMILES string of the molecule is CC(C)c1cccc(OC(=O)C2=C(C(=O)Oc3cccc(C(C)C)c3C(C)C)C3CCC2C3)c1C(C)C. The molecule has 0 saturated heterocycles. The lowest BCUT2D eigenvalue weighted by molar-refractivity contribution is -0.133. The molecule has 2 aromatic carbocycles. The number of hydrogen-bond donors (Lipinski definition) is 0. The summed E-state index contributed by atoms with van der Waals surface area (Å²) in [6, 6.07) is 11.9. The summed E-state index contributed by atoms with van der Waals surface area (Å²) in [5.41, 5.74) is 5.55. The third kappa shape index (κ3) is 5.26. The molecule has 0 aliphatic heterocycles. The fraction of sp³-hybridized carbons (Fsp3) is 0.515. The van der Waals surface area contributed by atoms with Crippen molar-refractivity contribution in [2.75, 3.05) is 0 Å². The Kier molecular flexibility index (Phi) is 7.96. The molecule has 0 spiro atoms. The summed E-state index contributed by atoms with van der Waals surface area (Å²) in [5, 5.41) is 0. The first-order chi connectivity index (χ1) is 17.5. The molecular formula is C33H42O4. The van der Waals surface area contributed by atoms with Crippen LogP contribution in [-0.2, 0) is 9.59 Å². The van der Waals surface area contributed by atoms with E-state index in [1.165, 1.54) is 11.1 Å². The minimum atomic E-state index is -0.401. The number of benzene rings is 2. The van der Waals surface area contributed by atoms with Crippen LogP contribution in [0.2, 0.25) is 0 Å². The first-order valence-corrected chi connectivity index (χ1v) is 13.9. The minimum absolute atomic E-state index is 0.0578. The molecule has 0 amide bonds. The lowest BCUT2D eigenvalue weighted by Gasteiger charge is -2.23. The molecule has 2 aliphatic carbocycles. The normalized spacial score (nSPS) is 19.0. The van der Waals surface area contributed by atoms with Crippen LogP contribution in [0.3, 0.4) is 0 Å². The third-order valence-electron chi connectivity index (χ3n) is 7.98. The topological polar surface area (TPSA) is 52.6 Å². The molecule has 4 rings (SSSR count). The molecule has 0 N–H and O–H groups in total. The average Bonchev–Trinajstić information content (AvgIpc) is 3.45. The van der Waals surface area contributed by atoms with Gasteiger partial charge in [-0.2, -0.15) is 0 Å². The lowest BCUT2D eigenvalue weighted by atomic mass is 9.89. The summed E-state index contributed by atoms with van der Waals surface area (Å²) < 4.78 is 12.1. The quantitative estimate of drug-likeness (QED) is 0.268. The highest BCUT2D eigenvalue weighted by molar-refractivity contribution is 6.04. The molecule has 2 aliphatic rings. The van der Waals surface area contributed by atoms with Gasteiger partial charge in [0.2, 0.25) is 0 Å². The average molecular weight is 503 g/mol. The zero-order valence-electron chi connectivity index (χ0n) is 23.7. The second kappa shape index (κ2) is 10.8. The molecule has 2 bridgehead atoms. The molecule has 198 valence electrons. The Balaban J connectivity index is 1.69. The van der Waals surface area contributed by atoms with Crippen molar-refractivity contribution in [1.29, 1.82) is 0 Å². The van der Waals surface area contributed by atoms with Crippen LogP contribution in [0.4, 0.5) is 0 Å². The molecule has 37 heavy (non-hydrogen) atoms. The third-order valence-corrected chi connectivity index (χ3v) is 7.98. The van der Waals surface area contributed by atoms with Gasteiger partial charge in [-0.15, -0.1) is 0 Å². The highest BCUT2D eigenvalue weighted by Crippen LogP contribution is 2.50. The Morgan fingerprint density at radius 3 is 1.32 bits per heavy atom. The van der Waals surface area contributed by atoms with E-state index in [2.05, 4.69) is 67.5 Å². The maximum atomic E-state index is 13.7. The second-order valence-electron chi connectivity index (χ2n) is 12.0. The van der Waals surface area contributed by atoms with E-state index >= 15 is 0 Å². The predicted molar refractivity (Wildman–Crippen MR) is 148 cm³/mol. The van der Waals surface area contributed by atoms with E-state index in [1.54, 1.807) is 0 Å². The van der Waals surface area contributed by atoms with Gasteiger partial charge in [-0.3, -0.25) is 0 Å². The van der Waals surface area contributed by atoms with E-state index < -0.39 is 11.9 Å². The molecule has 2 unspecified atom stereocenters. The molecular weight excluding hydrogens is 460 g/mol. The van der Waals surface area contributed by atoms with Gasteiger partial charge >= 0.3 is 11.9 Å². The van der Waals surface area contributed by atoms with Crippen LogP contribution in [0.15, 0.2) is 47.5 Å². The zero-order chi connectivity index (χ0) is 27.0. The number of carbonyl (C=O) groups is 2. The standard InChI is InChI=1S/C33H42O4/c1-18(2)24-11-9-13-26(28(24)20(5)6)36-32(34)30-22-15-16-23(17-22)31(30)33(35)37-27-14-10-12-25(19(3)4)29(27)21(7)8/h9-14,18-23H,15-17H2,1-8H3. The Morgan fingerprint density at radius 1 is 0.622 bits per heavy atom. The second-order valence-corrected chi connectivity index (χ2v) is 12.0. The Labute approximate surface area is 222 Å². The van der Waals surface area contributed by atoms with Gasteiger partial charge < -0.3 is 9.47 Å². The van der Waals surface area contributed by atoms with Gasteiger partial charge in [0, 0.05) is 11.1 Å². The predicted octanol–water partition coefficient (Wildman–Crippen LogP) is 8.42. The van der Waals surface area contributed by atoms with Crippen molar-refractivity contribution in [3.8, 4) is 11.5 Å². The monoisotopic (exact) mass is 502 g/mol. The Hall–Kier alpha value is -2.88. The van der Waals surface area contributed by atoms with E-state index in [4.69, 9.17) is 9.47 Å². The van der Waals surface area contributed by atoms with Crippen LogP contribution in [0.25, 0.3) is 0 Å². The summed E-state index contributed by atoms with van der Waals surface area (Å²) in [6.07, 6.45) is 2.64. The summed E-state index contributed by atoms with van der Waals surface area (Å²) >= 11 is 0. The Bertz CT molecular complexity index is 1120. The van der Waals surface area contributed by atoms with Crippen LogP contribution in [0, 0.1) is 11.8 Å². The Morgan fingerprint density at radius 2 is 1.00 bits per heavy atom. The van der Waals surface area contributed by atoms with Crippen molar-refractivity contribution in [3.63, 3.8) is 0 Å². The number of rotatable bonds is 8. The van der Waals surface area contributed by atoms with Crippen molar-refractivity contribution in [2.24, 2.45) is 11.8 Å². The summed E-state index contributed by atoms with van der Waals surface area (Å²) in [5.74, 6) is 1.57. The highest BCUT2D eigenvalue weighted by atomic mass is 16.5. The van der Waals surface area contributed by atoms with Crippen molar-refractivity contribution in [1.82, 2.24) is 0 Å². The first-order valence-electron chi connectivity index (χ1n) is 13.9. The van der Waals surface area contributed by atoms with Gasteiger partial charge in [0.05, 0.1) is 11.1 Å². The maximum Gasteiger partial charge on any atom is 0.340 e. The number of hydrogen-bond acceptors (Lipinski definition) is 4. The van der Waals surface area contributed by atoms with E-state index in [9.17, 15) is 9.59 Å². The minimum Gasteiger partial charge on any atom is -0.423 e. The van der Waals surface area contributed by atoms with E-state index in [0.717, 1.165) is 30.4 Å². The summed E-state index contributed by atoms with van der Waals surface area (Å²) in [7, 11) is 0. The van der Waals surface area contributed by atoms with Gasteiger partial charge in [0.15, 0.2) is 0 Å². The van der Waals surface area contributed by atoms with E-state index in [1.807, 2.05) is 24.3 Å². The van der Waals surface area contributed by atoms with E-state index in [0.29, 0.717) is 34.5 Å². The summed E-state index contributed by atoms with van der Waals surface area (Å²) in [6.45, 7) is 17.1. The molecule has 4 heteroatoms. The number of esters is 2. The van der Waals surface area contributed by atoms with Crippen molar-refractivity contribution in [2.45, 2.75) is 98.3 Å². The van der Waals surface area contributed by atoms with Crippen molar-refractivity contribution >= 4 is 11.9 Å². The van der Waals surface area contributed by atoms with Crippen LogP contribution < -0.4 is 9.47 Å². The first kappa shape index (κ1) is 27.2. The lowest BCUT2D eigenvalue weighted by Crippen LogP contribution is -2.25. The van der Waals surface area contributed by atoms with Gasteiger partial charge in [0.1, 0.15) is 11.5 Å². The molecule has 2 aromatic rings. The molecule has 1 fully saturated rings. The van der Waals surface area contributed by atoms with Crippen LogP contribution in [0.1, 0.15) is 121 Å². The van der Waals surface area contributed by atoms with Crippen LogP contribution in [-0.4, -0.2) is 11.9 Å². The molecule has 2 atom stereocenters. The van der Waals surface area contributed by atoms with Gasteiger partial charge in [0.25, 0.3) is 0 Å². The maximum absolute atomic E-state index is 13.7. The van der Waals surface area contributed by atoms with Gasteiger partial charge in [-0.1, -0.05) is 79.7 Å². The van der Waals surface area contributed by atoms with Crippen LogP contribution >= 0.6 is 0 Å². The largest absolute Gasteiger partial charge is 0.423 e. The molecule has 0 aromatic heterocycles. The van der Waals surface area contributed by atoms with Gasteiger partial charge in [-0.05, 0) is 78.0 Å². The molecule has 1 saturated carbocycles. The number of carbonyl (C=O) groups excluding carboxylic acids is 2. The number of fused-ring (bicyclic) bond motifs is 2. The highest BCUT2D eigenvalue weighted by Gasteiger charge is 2.46. The zero-order valence-corrected chi connectivity index (χ0v) is 23.7. The molecule has 0 heterocycles. The number of ether oxygens (including phenoxy) is 2. The van der Waals surface area contributed by atoms with Crippen LogP contribution in [0.5, 0.6) is 11.5 Å². The smallest absolute Gasteiger partial charge is 0.340 e. The fourth-order valence-electron chi connectivity index (χ4n) is 6.35. The molecule has 4 nitrogen and oxygen atoms in total. The van der Waals surface area contributed by atoms with Crippen molar-refractivity contribution in [3.05, 3.63) is 69.8 Å². The van der Waals surface area contributed by atoms with Crippen molar-refractivity contribution < 1.29 is 19.1 Å². The van der Waals surface area contributed by atoms with E-state index in [-0.39, 0.29) is 23.7 Å². The van der Waals surface area contributed by atoms with Gasteiger partial charge in [-0.25, -0.2) is 9.59 Å². The molecule has 0 radical (unpaired) electrons.